The molecule has 2 aromatic rings. The first-order valence-corrected chi connectivity index (χ1v) is 12.2. The zero-order chi connectivity index (χ0) is 26.3. The van der Waals surface area contributed by atoms with Crippen LogP contribution in [-0.4, -0.2) is 73.2 Å². The van der Waals surface area contributed by atoms with Gasteiger partial charge in [0.05, 0.1) is 6.04 Å². The normalized spacial score (nSPS) is 22.8. The lowest BCUT2D eigenvalue weighted by Gasteiger charge is -2.50. The number of rotatable bonds is 6. The summed E-state index contributed by atoms with van der Waals surface area (Å²) in [5.74, 6) is -2.52. The molecule has 0 spiro atoms. The molecule has 0 unspecified atom stereocenters. The Hall–Kier alpha value is -4.59. The SMILES string of the molecule is Nc1nc(C(=NO)C(=O)N[C@@H]2C(=O)N3C(C(=O)O)=C(C=C4CCN(c5ccccn5)C4=O)CC[C@H]23)cs1. The number of aromatic nitrogens is 2. The van der Waals surface area contributed by atoms with Crippen LogP contribution in [0.25, 0.3) is 0 Å². The van der Waals surface area contributed by atoms with E-state index in [4.69, 9.17) is 5.73 Å². The molecule has 190 valence electrons. The van der Waals surface area contributed by atoms with E-state index in [-0.39, 0.29) is 28.9 Å². The molecule has 5 rings (SSSR count). The van der Waals surface area contributed by atoms with Gasteiger partial charge >= 0.3 is 5.97 Å². The van der Waals surface area contributed by atoms with E-state index in [1.54, 1.807) is 30.5 Å². The number of nitrogens with one attached hydrogen (secondary N) is 1. The van der Waals surface area contributed by atoms with Crippen molar-refractivity contribution in [2.75, 3.05) is 17.2 Å². The molecule has 0 bridgehead atoms. The van der Waals surface area contributed by atoms with Gasteiger partial charge in [0.1, 0.15) is 23.3 Å². The molecule has 0 aliphatic carbocycles. The molecule has 3 aliphatic heterocycles. The average molecular weight is 524 g/mol. The summed E-state index contributed by atoms with van der Waals surface area (Å²) in [6.45, 7) is 0.413. The number of amides is 3. The molecule has 0 radical (unpaired) electrons. The van der Waals surface area contributed by atoms with Gasteiger partial charge in [-0.05, 0) is 43.0 Å². The number of β-lactam (4-membered cyclic amide) rings is 1. The van der Waals surface area contributed by atoms with Crippen LogP contribution < -0.4 is 16.0 Å². The number of thiazole rings is 1. The van der Waals surface area contributed by atoms with E-state index in [9.17, 15) is 29.5 Å². The van der Waals surface area contributed by atoms with Gasteiger partial charge in [0.25, 0.3) is 17.7 Å². The summed E-state index contributed by atoms with van der Waals surface area (Å²) in [6, 6.07) is 3.63. The second-order valence-corrected chi connectivity index (χ2v) is 9.42. The highest BCUT2D eigenvalue weighted by Gasteiger charge is 2.53. The minimum Gasteiger partial charge on any atom is -0.477 e. The minimum atomic E-state index is -1.31. The molecule has 14 heteroatoms. The highest BCUT2D eigenvalue weighted by Crippen LogP contribution is 2.38. The maximum Gasteiger partial charge on any atom is 0.352 e. The van der Waals surface area contributed by atoms with E-state index in [1.807, 2.05) is 0 Å². The summed E-state index contributed by atoms with van der Waals surface area (Å²) < 4.78 is 0. The zero-order valence-electron chi connectivity index (χ0n) is 19.2. The third-order valence-corrected chi connectivity index (χ3v) is 7.12. The summed E-state index contributed by atoms with van der Waals surface area (Å²) in [7, 11) is 0. The lowest BCUT2D eigenvalue weighted by molar-refractivity contribution is -0.155. The Morgan fingerprint density at radius 1 is 1.27 bits per heavy atom. The smallest absolute Gasteiger partial charge is 0.352 e. The standard InChI is InChI=1S/C23H21N7O6S/c24-23-26-13(10-37-23)16(28-36)19(31)27-17-14-5-4-11(18(22(34)35)30(14)21(17)33)9-12-6-8-29(20(12)32)15-3-1-2-7-25-15/h1-3,7,9-10,14,17,36H,4-6,8H2,(H2,24,26)(H,27,31)(H,34,35)/t14-,17+/m1/s1. The number of hydrogen-bond acceptors (Lipinski definition) is 10. The van der Waals surface area contributed by atoms with Crippen LogP contribution in [0.15, 0.2) is 57.9 Å². The average Bonchev–Trinajstić information content (AvgIpc) is 3.48. The van der Waals surface area contributed by atoms with Gasteiger partial charge < -0.3 is 21.4 Å². The number of carbonyl (C=O) groups excluding carboxylic acids is 3. The Labute approximate surface area is 213 Å². The number of carboxylic acid groups (broad SMARTS) is 1. The van der Waals surface area contributed by atoms with Crippen LogP contribution in [-0.2, 0) is 19.2 Å². The number of carboxylic acids is 1. The second kappa shape index (κ2) is 9.46. The molecule has 37 heavy (non-hydrogen) atoms. The lowest BCUT2D eigenvalue weighted by Crippen LogP contribution is -2.72. The highest BCUT2D eigenvalue weighted by atomic mass is 32.1. The molecule has 2 fully saturated rings. The van der Waals surface area contributed by atoms with Crippen molar-refractivity contribution in [3.05, 3.63) is 58.4 Å². The van der Waals surface area contributed by atoms with Crippen molar-refractivity contribution in [2.24, 2.45) is 5.16 Å². The number of aliphatic carboxylic acids is 1. The first-order valence-electron chi connectivity index (χ1n) is 11.3. The second-order valence-electron chi connectivity index (χ2n) is 8.53. The molecule has 5 N–H and O–H groups in total. The predicted molar refractivity (Wildman–Crippen MR) is 131 cm³/mol. The minimum absolute atomic E-state index is 0.0516. The van der Waals surface area contributed by atoms with Gasteiger partial charge in [0.2, 0.25) is 0 Å². The maximum atomic E-state index is 13.0. The van der Waals surface area contributed by atoms with Gasteiger partial charge in [-0.3, -0.25) is 24.2 Å². The summed E-state index contributed by atoms with van der Waals surface area (Å²) in [5, 5.41) is 26.3. The Bertz CT molecular complexity index is 1400. The van der Waals surface area contributed by atoms with Crippen LogP contribution >= 0.6 is 11.3 Å². The van der Waals surface area contributed by atoms with Crippen molar-refractivity contribution < 1.29 is 29.5 Å². The number of nitrogens with two attached hydrogens (primary N) is 1. The van der Waals surface area contributed by atoms with E-state index in [1.165, 1.54) is 10.3 Å². The molecule has 5 heterocycles. The van der Waals surface area contributed by atoms with Gasteiger partial charge in [-0.1, -0.05) is 11.2 Å². The molecule has 13 nitrogen and oxygen atoms in total. The van der Waals surface area contributed by atoms with Crippen LogP contribution in [0.4, 0.5) is 10.9 Å². The van der Waals surface area contributed by atoms with E-state index in [0.717, 1.165) is 16.2 Å². The third-order valence-electron chi connectivity index (χ3n) is 6.44. The van der Waals surface area contributed by atoms with Crippen molar-refractivity contribution in [3.8, 4) is 0 Å². The summed E-state index contributed by atoms with van der Waals surface area (Å²) in [6.07, 6.45) is 4.19. The number of carbonyl (C=O) groups is 4. The van der Waals surface area contributed by atoms with E-state index in [2.05, 4.69) is 20.4 Å². The molecule has 0 aromatic carbocycles. The van der Waals surface area contributed by atoms with Gasteiger partial charge in [-0.25, -0.2) is 14.8 Å². The fourth-order valence-corrected chi connectivity index (χ4v) is 5.29. The summed E-state index contributed by atoms with van der Waals surface area (Å²) in [5.41, 5.74) is 5.79. The van der Waals surface area contributed by atoms with E-state index < -0.39 is 35.6 Å². The van der Waals surface area contributed by atoms with Crippen LogP contribution in [0.5, 0.6) is 0 Å². The number of hydrogen-bond donors (Lipinski definition) is 4. The quantitative estimate of drug-likeness (QED) is 0.137. The molecular formula is C23H21N7O6S. The Balaban J connectivity index is 1.35. The largest absolute Gasteiger partial charge is 0.477 e. The van der Waals surface area contributed by atoms with Crippen molar-refractivity contribution in [1.29, 1.82) is 0 Å². The number of nitrogen functional groups attached to an aromatic ring is 1. The van der Waals surface area contributed by atoms with E-state index >= 15 is 0 Å². The van der Waals surface area contributed by atoms with Gasteiger partial charge in [-0.2, -0.15) is 0 Å². The number of anilines is 2. The molecule has 3 aliphatic rings. The molecule has 2 atom stereocenters. The lowest BCUT2D eigenvalue weighted by atomic mass is 9.82. The summed E-state index contributed by atoms with van der Waals surface area (Å²) >= 11 is 1.05. The van der Waals surface area contributed by atoms with Crippen molar-refractivity contribution >= 4 is 51.7 Å². The molecule has 0 saturated carbocycles. The zero-order valence-corrected chi connectivity index (χ0v) is 20.0. The fraction of sp³-hybridized carbons (Fsp3) is 0.261. The molecule has 3 amide bonds. The number of allylic oxidation sites excluding steroid dienone is 2. The van der Waals surface area contributed by atoms with Crippen LogP contribution in [0.2, 0.25) is 0 Å². The Morgan fingerprint density at radius 3 is 2.73 bits per heavy atom. The molecule has 2 aromatic heterocycles. The van der Waals surface area contributed by atoms with Gasteiger partial charge in [0.15, 0.2) is 10.8 Å². The fourth-order valence-electron chi connectivity index (χ4n) is 4.74. The number of fused-ring (bicyclic) bond motifs is 1. The third kappa shape index (κ3) is 4.20. The van der Waals surface area contributed by atoms with Gasteiger partial charge in [-0.15, -0.1) is 11.3 Å². The number of nitrogens with zero attached hydrogens (tertiary/aromatic N) is 5. The highest BCUT2D eigenvalue weighted by molar-refractivity contribution is 7.13. The monoisotopic (exact) mass is 523 g/mol. The van der Waals surface area contributed by atoms with Crippen molar-refractivity contribution in [1.82, 2.24) is 20.2 Å². The van der Waals surface area contributed by atoms with Crippen LogP contribution in [0.3, 0.4) is 0 Å². The first-order chi connectivity index (χ1) is 17.8. The Kier molecular flexibility index (Phi) is 6.17. The maximum absolute atomic E-state index is 13.0. The molecular weight excluding hydrogens is 502 g/mol. The number of pyridine rings is 1. The van der Waals surface area contributed by atoms with Crippen molar-refractivity contribution in [3.63, 3.8) is 0 Å². The number of oxime groups is 1. The Morgan fingerprint density at radius 2 is 2.08 bits per heavy atom. The van der Waals surface area contributed by atoms with Crippen LogP contribution in [0, 0.1) is 0 Å². The first kappa shape index (κ1) is 24.1. The predicted octanol–water partition coefficient (Wildman–Crippen LogP) is 0.490. The topological polar surface area (TPSA) is 191 Å². The summed E-state index contributed by atoms with van der Waals surface area (Å²) in [4.78, 5) is 61.5. The van der Waals surface area contributed by atoms with E-state index in [0.29, 0.717) is 36.4 Å². The van der Waals surface area contributed by atoms with Crippen molar-refractivity contribution in [2.45, 2.75) is 31.3 Å². The molecule has 2 saturated heterocycles. The van der Waals surface area contributed by atoms with Crippen LogP contribution in [0.1, 0.15) is 25.0 Å². The van der Waals surface area contributed by atoms with Gasteiger partial charge in [0, 0.05) is 23.7 Å².